The van der Waals surface area contributed by atoms with Crippen LogP contribution >= 0.6 is 0 Å². The molecule has 0 N–H and O–H groups in total. The summed E-state index contributed by atoms with van der Waals surface area (Å²) in [5.41, 5.74) is 0. The van der Waals surface area contributed by atoms with E-state index in [-0.39, 0.29) is 0 Å². The molecule has 82 valence electrons. The average Bonchev–Trinajstić information content (AvgIpc) is 3.03. The molecule has 2 unspecified atom stereocenters. The van der Waals surface area contributed by atoms with Gasteiger partial charge in [-0.25, -0.2) is 0 Å². The number of allylic oxidation sites excluding steroid dienone is 2. The van der Waals surface area contributed by atoms with Crippen molar-refractivity contribution in [3.05, 3.63) is 55.2 Å². The fraction of sp³-hybridized carbons (Fsp3) is 0.231. The molecule has 0 spiro atoms. The summed E-state index contributed by atoms with van der Waals surface area (Å²) in [6.07, 6.45) is 6.18. The third kappa shape index (κ3) is 2.41. The van der Waals surface area contributed by atoms with Crippen LogP contribution in [-0.2, 0) is 0 Å². The minimum absolute atomic E-state index is 0.645. The van der Waals surface area contributed by atoms with Gasteiger partial charge in [0.15, 0.2) is 0 Å². The van der Waals surface area contributed by atoms with Gasteiger partial charge in [0.05, 0.1) is 0 Å². The molecular weight excluding hydrogens is 393 g/mol. The first-order chi connectivity index (χ1) is 7.93. The van der Waals surface area contributed by atoms with Gasteiger partial charge >= 0.3 is 115 Å². The molecular formula is C13H12Se3. The van der Waals surface area contributed by atoms with Crippen LogP contribution in [-0.4, -0.2) is 44.0 Å². The molecule has 1 aliphatic heterocycles. The average molecular weight is 405 g/mol. The van der Waals surface area contributed by atoms with Gasteiger partial charge in [-0.2, -0.15) is 0 Å². The molecule has 3 heteroatoms. The summed E-state index contributed by atoms with van der Waals surface area (Å²) in [5.74, 6) is 0. The van der Waals surface area contributed by atoms with Crippen LogP contribution in [0.3, 0.4) is 0 Å². The summed E-state index contributed by atoms with van der Waals surface area (Å²) >= 11 is 2.05. The van der Waals surface area contributed by atoms with E-state index in [1.165, 1.54) is 6.42 Å². The van der Waals surface area contributed by atoms with E-state index in [4.69, 9.17) is 0 Å². The fourth-order valence-corrected chi connectivity index (χ4v) is 9.77. The second-order valence-corrected chi connectivity index (χ2v) is 10.7. The van der Waals surface area contributed by atoms with Gasteiger partial charge < -0.3 is 0 Å². The van der Waals surface area contributed by atoms with Crippen molar-refractivity contribution in [3.8, 4) is 0 Å². The van der Waals surface area contributed by atoms with Crippen molar-refractivity contribution in [1.29, 1.82) is 0 Å². The van der Waals surface area contributed by atoms with Crippen LogP contribution < -0.4 is 0 Å². The van der Waals surface area contributed by atoms with Crippen molar-refractivity contribution in [2.24, 2.45) is 0 Å². The van der Waals surface area contributed by atoms with Crippen LogP contribution in [0.4, 0.5) is 0 Å². The Hall–Kier alpha value is 0.258. The molecule has 2 atom stereocenters. The molecule has 0 aromatic carbocycles. The molecule has 0 bridgehead atoms. The van der Waals surface area contributed by atoms with E-state index < -0.39 is 0 Å². The van der Waals surface area contributed by atoms with E-state index >= 15 is 0 Å². The Labute approximate surface area is 114 Å². The summed E-state index contributed by atoms with van der Waals surface area (Å²) in [5, 5.41) is 0. The molecule has 0 saturated heterocycles. The van der Waals surface area contributed by atoms with Gasteiger partial charge in [-0.1, -0.05) is 0 Å². The predicted molar refractivity (Wildman–Crippen MR) is 71.8 cm³/mol. The van der Waals surface area contributed by atoms with Gasteiger partial charge in [-0.15, -0.1) is 0 Å². The van der Waals surface area contributed by atoms with Crippen molar-refractivity contribution in [2.75, 3.05) is 0 Å². The Bertz CT molecular complexity index is 453. The van der Waals surface area contributed by atoms with Gasteiger partial charge in [-0.05, 0) is 0 Å². The fourth-order valence-electron chi connectivity index (χ4n) is 1.88. The van der Waals surface area contributed by atoms with E-state index in [1.807, 2.05) is 0 Å². The molecule has 2 aromatic rings. The second-order valence-electron chi connectivity index (χ2n) is 3.74. The van der Waals surface area contributed by atoms with Gasteiger partial charge in [-0.3, -0.25) is 0 Å². The molecule has 1 aliphatic rings. The summed E-state index contributed by atoms with van der Waals surface area (Å²) < 4.78 is 3.44. The standard InChI is InChI=1S/C13H12Se3/c1-4-12(10-6-2-8-14-10)16-13(5-1)11-7-3-9-15-11/h1-4,6-9,12-13H,5H2. The van der Waals surface area contributed by atoms with E-state index in [0.29, 0.717) is 29.0 Å². The third-order valence-corrected chi connectivity index (χ3v) is 11.3. The quantitative estimate of drug-likeness (QED) is 0.532. The van der Waals surface area contributed by atoms with Crippen molar-refractivity contribution >= 4 is 44.0 Å². The van der Waals surface area contributed by atoms with Gasteiger partial charge in [0.25, 0.3) is 0 Å². The first-order valence-electron chi connectivity index (χ1n) is 5.32. The molecule has 0 nitrogen and oxygen atoms in total. The zero-order valence-corrected chi connectivity index (χ0v) is 13.8. The zero-order valence-electron chi connectivity index (χ0n) is 8.71. The van der Waals surface area contributed by atoms with Crippen molar-refractivity contribution in [1.82, 2.24) is 0 Å². The van der Waals surface area contributed by atoms with Crippen LogP contribution in [0.15, 0.2) is 46.3 Å². The molecule has 0 aliphatic carbocycles. The third-order valence-electron chi connectivity index (χ3n) is 2.66. The van der Waals surface area contributed by atoms with Crippen molar-refractivity contribution in [2.45, 2.75) is 16.1 Å². The Morgan fingerprint density at radius 1 is 1.00 bits per heavy atom. The Morgan fingerprint density at radius 2 is 1.75 bits per heavy atom. The first kappa shape index (κ1) is 11.4. The normalized spacial score (nSPS) is 24.8. The van der Waals surface area contributed by atoms with Gasteiger partial charge in [0.2, 0.25) is 0 Å². The summed E-state index contributed by atoms with van der Waals surface area (Å²) in [4.78, 5) is 6.37. The number of rotatable bonds is 2. The van der Waals surface area contributed by atoms with Gasteiger partial charge in [0, 0.05) is 0 Å². The molecule has 0 amide bonds. The monoisotopic (exact) mass is 408 g/mol. The van der Waals surface area contributed by atoms with Gasteiger partial charge in [0.1, 0.15) is 0 Å². The summed E-state index contributed by atoms with van der Waals surface area (Å²) in [7, 11) is 0. The van der Waals surface area contributed by atoms with E-state index in [2.05, 4.69) is 46.3 Å². The van der Waals surface area contributed by atoms with Crippen LogP contribution in [0.1, 0.15) is 24.9 Å². The van der Waals surface area contributed by atoms with Crippen LogP contribution in [0.5, 0.6) is 0 Å². The van der Waals surface area contributed by atoms with Crippen molar-refractivity contribution in [3.63, 3.8) is 0 Å². The minimum atomic E-state index is 0.645. The number of hydrogen-bond donors (Lipinski definition) is 0. The van der Waals surface area contributed by atoms with E-state index in [0.717, 1.165) is 24.6 Å². The Kier molecular flexibility index (Phi) is 3.74. The summed E-state index contributed by atoms with van der Waals surface area (Å²) in [6, 6.07) is 9.21. The second kappa shape index (κ2) is 5.27. The maximum atomic E-state index is 2.47. The molecule has 0 radical (unpaired) electrons. The molecule has 16 heavy (non-hydrogen) atoms. The van der Waals surface area contributed by atoms with E-state index in [9.17, 15) is 0 Å². The molecule has 3 rings (SSSR count). The maximum absolute atomic E-state index is 2.47. The first-order valence-corrected chi connectivity index (χ1v) is 11.0. The Balaban J connectivity index is 1.80. The van der Waals surface area contributed by atoms with Crippen LogP contribution in [0.25, 0.3) is 0 Å². The van der Waals surface area contributed by atoms with E-state index in [1.54, 1.807) is 8.87 Å². The molecule has 0 saturated carbocycles. The molecule has 2 aromatic heterocycles. The SMILES string of the molecule is C1=CC(c2ccc[se]2)[Se]C(c2ccc[se]2)C1. The van der Waals surface area contributed by atoms with Crippen molar-refractivity contribution < 1.29 is 0 Å². The van der Waals surface area contributed by atoms with Crippen LogP contribution in [0, 0.1) is 0 Å². The summed E-state index contributed by atoms with van der Waals surface area (Å²) in [6.45, 7) is 0. The Morgan fingerprint density at radius 3 is 2.44 bits per heavy atom. The van der Waals surface area contributed by atoms with Crippen LogP contribution in [0.2, 0.25) is 0 Å². The number of hydrogen-bond acceptors (Lipinski definition) is 0. The topological polar surface area (TPSA) is 0 Å². The molecule has 3 heterocycles. The predicted octanol–water partition coefficient (Wildman–Crippen LogP) is 2.25. The molecule has 0 fully saturated rings. The zero-order chi connectivity index (χ0) is 10.8.